The summed E-state index contributed by atoms with van der Waals surface area (Å²) in [5, 5.41) is 3.32. The predicted molar refractivity (Wildman–Crippen MR) is 94.1 cm³/mol. The van der Waals surface area contributed by atoms with E-state index < -0.39 is 0 Å². The number of nitrogens with zero attached hydrogens (tertiary/aromatic N) is 2. The van der Waals surface area contributed by atoms with Crippen molar-refractivity contribution < 1.29 is 14.3 Å². The van der Waals surface area contributed by atoms with Gasteiger partial charge in [-0.3, -0.25) is 4.79 Å². The Labute approximate surface area is 146 Å². The Morgan fingerprint density at radius 1 is 1.20 bits per heavy atom. The minimum atomic E-state index is -0.0314. The third kappa shape index (κ3) is 3.68. The summed E-state index contributed by atoms with van der Waals surface area (Å²) in [5.41, 5.74) is 1.64. The number of aromatic nitrogens is 1. The van der Waals surface area contributed by atoms with E-state index in [2.05, 4.69) is 10.3 Å². The minimum absolute atomic E-state index is 0.0314. The summed E-state index contributed by atoms with van der Waals surface area (Å²) >= 11 is 0. The lowest BCUT2D eigenvalue weighted by molar-refractivity contribution is 0.0784. The first-order valence-corrected chi connectivity index (χ1v) is 8.55. The molecule has 2 heterocycles. The number of amides is 1. The molecular formula is C19H21N3O3. The first-order chi connectivity index (χ1) is 12.2. The Balaban J connectivity index is 1.45. The van der Waals surface area contributed by atoms with Gasteiger partial charge in [0.2, 0.25) is 0 Å². The van der Waals surface area contributed by atoms with E-state index in [4.69, 9.17) is 9.47 Å². The SMILES string of the molecule is CN(Cc1ccc2c(c1)OCCO2)C(=O)c1ccnc(NC2CC2)c1. The largest absolute Gasteiger partial charge is 0.486 e. The van der Waals surface area contributed by atoms with Crippen LogP contribution in [0.15, 0.2) is 36.5 Å². The summed E-state index contributed by atoms with van der Waals surface area (Å²) in [5.74, 6) is 2.23. The molecule has 130 valence electrons. The molecule has 1 fully saturated rings. The molecule has 1 aromatic heterocycles. The Bertz CT molecular complexity index is 789. The molecule has 2 aromatic rings. The van der Waals surface area contributed by atoms with Gasteiger partial charge in [-0.05, 0) is 42.7 Å². The van der Waals surface area contributed by atoms with E-state index in [-0.39, 0.29) is 5.91 Å². The van der Waals surface area contributed by atoms with E-state index in [9.17, 15) is 4.79 Å². The number of hydrogen-bond acceptors (Lipinski definition) is 5. The second-order valence-electron chi connectivity index (χ2n) is 6.49. The molecule has 6 nitrogen and oxygen atoms in total. The Morgan fingerprint density at radius 3 is 2.80 bits per heavy atom. The summed E-state index contributed by atoms with van der Waals surface area (Å²) in [6.07, 6.45) is 4.02. The highest BCUT2D eigenvalue weighted by molar-refractivity contribution is 5.94. The second-order valence-corrected chi connectivity index (χ2v) is 6.49. The maximum Gasteiger partial charge on any atom is 0.254 e. The molecule has 2 aliphatic rings. The molecule has 25 heavy (non-hydrogen) atoms. The van der Waals surface area contributed by atoms with E-state index in [0.29, 0.717) is 31.4 Å². The number of carbonyl (C=O) groups excluding carboxylic acids is 1. The van der Waals surface area contributed by atoms with Gasteiger partial charge in [0.15, 0.2) is 11.5 Å². The van der Waals surface area contributed by atoms with Crippen LogP contribution in [0.5, 0.6) is 11.5 Å². The lowest BCUT2D eigenvalue weighted by atomic mass is 10.1. The van der Waals surface area contributed by atoms with Gasteiger partial charge in [-0.15, -0.1) is 0 Å². The molecule has 6 heteroatoms. The van der Waals surface area contributed by atoms with Gasteiger partial charge in [-0.1, -0.05) is 6.07 Å². The maximum absolute atomic E-state index is 12.7. The van der Waals surface area contributed by atoms with Crippen molar-refractivity contribution in [1.29, 1.82) is 0 Å². The molecule has 0 atom stereocenters. The lowest BCUT2D eigenvalue weighted by Crippen LogP contribution is -2.26. The summed E-state index contributed by atoms with van der Waals surface area (Å²) in [7, 11) is 1.80. The first-order valence-electron chi connectivity index (χ1n) is 8.55. The van der Waals surface area contributed by atoms with Crippen LogP contribution in [0.4, 0.5) is 5.82 Å². The zero-order valence-corrected chi connectivity index (χ0v) is 14.2. The van der Waals surface area contributed by atoms with Gasteiger partial charge in [0, 0.05) is 31.4 Å². The number of ether oxygens (including phenoxy) is 2. The third-order valence-electron chi connectivity index (χ3n) is 4.31. The quantitative estimate of drug-likeness (QED) is 0.907. The highest BCUT2D eigenvalue weighted by Gasteiger charge is 2.22. The zero-order chi connectivity index (χ0) is 17.2. The Kier molecular flexibility index (Phi) is 4.17. The van der Waals surface area contributed by atoms with Crippen LogP contribution in [0, 0.1) is 0 Å². The van der Waals surface area contributed by atoms with E-state index in [1.807, 2.05) is 24.3 Å². The average molecular weight is 339 g/mol. The van der Waals surface area contributed by atoms with Crippen LogP contribution in [0.25, 0.3) is 0 Å². The Morgan fingerprint density at radius 2 is 2.00 bits per heavy atom. The molecule has 0 spiro atoms. The number of fused-ring (bicyclic) bond motifs is 1. The van der Waals surface area contributed by atoms with Crippen LogP contribution >= 0.6 is 0 Å². The van der Waals surface area contributed by atoms with E-state index >= 15 is 0 Å². The molecule has 1 aromatic carbocycles. The average Bonchev–Trinajstić information content (AvgIpc) is 3.45. The Hall–Kier alpha value is -2.76. The lowest BCUT2D eigenvalue weighted by Gasteiger charge is -2.21. The van der Waals surface area contributed by atoms with Crippen LogP contribution in [0.2, 0.25) is 0 Å². The zero-order valence-electron chi connectivity index (χ0n) is 14.2. The summed E-state index contributed by atoms with van der Waals surface area (Å²) in [6, 6.07) is 9.87. The van der Waals surface area contributed by atoms with Crippen molar-refractivity contribution in [3.8, 4) is 11.5 Å². The van der Waals surface area contributed by atoms with Crippen molar-refractivity contribution in [1.82, 2.24) is 9.88 Å². The fourth-order valence-electron chi connectivity index (χ4n) is 2.83. The van der Waals surface area contributed by atoms with Crippen molar-refractivity contribution in [3.05, 3.63) is 47.7 Å². The van der Waals surface area contributed by atoms with Crippen molar-refractivity contribution in [3.63, 3.8) is 0 Å². The summed E-state index contributed by atoms with van der Waals surface area (Å²) in [6.45, 7) is 1.63. The van der Waals surface area contributed by atoms with Crippen LogP contribution in [-0.4, -0.2) is 42.1 Å². The number of hydrogen-bond donors (Lipinski definition) is 1. The van der Waals surface area contributed by atoms with Crippen molar-refractivity contribution in [2.75, 3.05) is 25.6 Å². The molecular weight excluding hydrogens is 318 g/mol. The summed E-state index contributed by atoms with van der Waals surface area (Å²) < 4.78 is 11.1. The predicted octanol–water partition coefficient (Wildman–Crippen LogP) is 2.70. The first kappa shape index (κ1) is 15.7. The van der Waals surface area contributed by atoms with Gasteiger partial charge >= 0.3 is 0 Å². The standard InChI is InChI=1S/C19H21N3O3/c1-22(12-13-2-5-16-17(10-13)25-9-8-24-16)19(23)14-6-7-20-18(11-14)21-15-3-4-15/h2,5-7,10-11,15H,3-4,8-9,12H2,1H3,(H,20,21). The van der Waals surface area contributed by atoms with Crippen molar-refractivity contribution in [2.24, 2.45) is 0 Å². The number of carbonyl (C=O) groups is 1. The van der Waals surface area contributed by atoms with E-state index in [0.717, 1.165) is 22.9 Å². The van der Waals surface area contributed by atoms with Crippen molar-refractivity contribution in [2.45, 2.75) is 25.4 Å². The fourth-order valence-corrected chi connectivity index (χ4v) is 2.83. The molecule has 0 unspecified atom stereocenters. The molecule has 0 radical (unpaired) electrons. The maximum atomic E-state index is 12.7. The summed E-state index contributed by atoms with van der Waals surface area (Å²) in [4.78, 5) is 18.7. The fraction of sp³-hybridized carbons (Fsp3) is 0.368. The smallest absolute Gasteiger partial charge is 0.254 e. The molecule has 4 rings (SSSR count). The normalized spacial score (nSPS) is 15.6. The third-order valence-corrected chi connectivity index (χ3v) is 4.31. The molecule has 1 amide bonds. The molecule has 1 saturated carbocycles. The number of rotatable bonds is 5. The minimum Gasteiger partial charge on any atom is -0.486 e. The van der Waals surface area contributed by atoms with Crippen molar-refractivity contribution >= 4 is 11.7 Å². The molecule has 1 N–H and O–H groups in total. The van der Waals surface area contributed by atoms with Gasteiger partial charge in [-0.2, -0.15) is 0 Å². The van der Waals surface area contributed by atoms with Gasteiger partial charge in [0.1, 0.15) is 19.0 Å². The topological polar surface area (TPSA) is 63.7 Å². The number of pyridine rings is 1. The van der Waals surface area contributed by atoms with Crippen LogP contribution in [-0.2, 0) is 6.54 Å². The number of benzene rings is 1. The van der Waals surface area contributed by atoms with Gasteiger partial charge in [0.25, 0.3) is 5.91 Å². The molecule has 0 saturated heterocycles. The second kappa shape index (κ2) is 6.63. The monoisotopic (exact) mass is 339 g/mol. The van der Waals surface area contributed by atoms with E-state index in [1.165, 1.54) is 12.8 Å². The van der Waals surface area contributed by atoms with Gasteiger partial charge in [-0.25, -0.2) is 4.98 Å². The van der Waals surface area contributed by atoms with Crippen LogP contribution in [0.3, 0.4) is 0 Å². The van der Waals surface area contributed by atoms with Crippen LogP contribution < -0.4 is 14.8 Å². The number of anilines is 1. The molecule has 1 aliphatic heterocycles. The van der Waals surface area contributed by atoms with Gasteiger partial charge in [0.05, 0.1) is 0 Å². The number of nitrogens with one attached hydrogen (secondary N) is 1. The molecule has 1 aliphatic carbocycles. The highest BCUT2D eigenvalue weighted by atomic mass is 16.6. The van der Waals surface area contributed by atoms with Crippen LogP contribution in [0.1, 0.15) is 28.8 Å². The highest BCUT2D eigenvalue weighted by Crippen LogP contribution is 2.31. The van der Waals surface area contributed by atoms with Gasteiger partial charge < -0.3 is 19.7 Å². The molecule has 0 bridgehead atoms. The van der Waals surface area contributed by atoms with E-state index in [1.54, 1.807) is 24.2 Å².